The van der Waals surface area contributed by atoms with Gasteiger partial charge in [-0.2, -0.15) is 4.31 Å². The molecule has 2 saturated heterocycles. The third-order valence-electron chi connectivity index (χ3n) is 6.72. The van der Waals surface area contributed by atoms with Crippen molar-refractivity contribution in [3.05, 3.63) is 77.9 Å². The summed E-state index contributed by atoms with van der Waals surface area (Å²) in [6.45, 7) is 5.25. The fourth-order valence-electron chi connectivity index (χ4n) is 4.74. The Bertz CT molecular complexity index is 1310. The molecule has 1 atom stereocenters. The molecule has 2 aliphatic rings. The van der Waals surface area contributed by atoms with E-state index < -0.39 is 27.8 Å². The van der Waals surface area contributed by atoms with E-state index in [4.69, 9.17) is 9.47 Å². The maximum absolute atomic E-state index is 13.1. The summed E-state index contributed by atoms with van der Waals surface area (Å²) in [7, 11) is -2.16. The molecule has 2 fully saturated rings. The summed E-state index contributed by atoms with van der Waals surface area (Å²) in [5.41, 5.74) is 0.776. The molecule has 2 aromatic rings. The smallest absolute Gasteiger partial charge is 0.295 e. The molecule has 202 valence electrons. The van der Waals surface area contributed by atoms with Crippen LogP contribution in [0.1, 0.15) is 36.4 Å². The molecule has 0 bridgehead atoms. The number of ether oxygens (including phenoxy) is 2. The highest BCUT2D eigenvalue weighted by Gasteiger charge is 2.46. The number of methoxy groups -OCH3 is 1. The van der Waals surface area contributed by atoms with Crippen LogP contribution in [-0.4, -0.2) is 74.4 Å². The maximum atomic E-state index is 13.1. The van der Waals surface area contributed by atoms with Gasteiger partial charge in [0.15, 0.2) is 0 Å². The van der Waals surface area contributed by atoms with Crippen molar-refractivity contribution in [1.82, 2.24) is 9.21 Å². The Labute approximate surface area is 223 Å². The first kappa shape index (κ1) is 27.6. The molecule has 0 saturated carbocycles. The molecule has 1 unspecified atom stereocenters. The van der Waals surface area contributed by atoms with Gasteiger partial charge in [-0.05, 0) is 54.8 Å². The van der Waals surface area contributed by atoms with Crippen molar-refractivity contribution in [3.63, 3.8) is 0 Å². The van der Waals surface area contributed by atoms with Crippen molar-refractivity contribution in [1.29, 1.82) is 0 Å². The lowest BCUT2D eigenvalue weighted by Gasteiger charge is -2.26. The molecule has 10 heteroatoms. The van der Waals surface area contributed by atoms with Gasteiger partial charge in [0.25, 0.3) is 11.7 Å². The van der Waals surface area contributed by atoms with Crippen LogP contribution >= 0.6 is 0 Å². The monoisotopic (exact) mass is 540 g/mol. The van der Waals surface area contributed by atoms with Crippen molar-refractivity contribution in [3.8, 4) is 5.75 Å². The van der Waals surface area contributed by atoms with E-state index in [9.17, 15) is 23.1 Å². The third kappa shape index (κ3) is 5.52. The molecule has 1 amide bonds. The zero-order chi connectivity index (χ0) is 27.3. The highest BCUT2D eigenvalue weighted by molar-refractivity contribution is 7.89. The number of aliphatic hydroxyl groups is 1. The zero-order valence-electron chi connectivity index (χ0n) is 21.3. The van der Waals surface area contributed by atoms with E-state index in [0.29, 0.717) is 31.0 Å². The number of carbonyl (C=O) groups excluding carboxylic acids is 2. The third-order valence-corrected chi connectivity index (χ3v) is 8.63. The molecule has 0 aliphatic carbocycles. The first-order valence-corrected chi connectivity index (χ1v) is 13.9. The number of rotatable bonds is 10. The van der Waals surface area contributed by atoms with Gasteiger partial charge in [-0.3, -0.25) is 9.59 Å². The molecule has 0 radical (unpaired) electrons. The largest absolute Gasteiger partial charge is 0.507 e. The van der Waals surface area contributed by atoms with Crippen molar-refractivity contribution in [2.24, 2.45) is 0 Å². The van der Waals surface area contributed by atoms with Gasteiger partial charge in [0.05, 0.1) is 23.1 Å². The SMILES string of the molecule is C=CCOc1ccc(C2C(=C(O)c3ccc(S(=O)(=O)N4CCCCC4)cc3)C(=O)C(=O)N2CCOC)cc1. The van der Waals surface area contributed by atoms with Crippen LogP contribution in [0, 0.1) is 0 Å². The normalized spacial score (nSPS) is 20.0. The minimum atomic E-state index is -3.65. The lowest BCUT2D eigenvalue weighted by atomic mass is 9.95. The minimum absolute atomic E-state index is 0.0718. The molecule has 38 heavy (non-hydrogen) atoms. The van der Waals surface area contributed by atoms with Gasteiger partial charge in [0.2, 0.25) is 10.0 Å². The van der Waals surface area contributed by atoms with Crippen molar-refractivity contribution < 1.29 is 32.6 Å². The van der Waals surface area contributed by atoms with Crippen LogP contribution in [0.5, 0.6) is 5.75 Å². The van der Waals surface area contributed by atoms with Crippen molar-refractivity contribution in [2.75, 3.05) is 40.0 Å². The molecule has 2 aliphatic heterocycles. The summed E-state index contributed by atoms with van der Waals surface area (Å²) in [4.78, 5) is 27.6. The molecule has 0 spiro atoms. The molecule has 2 heterocycles. The van der Waals surface area contributed by atoms with E-state index in [1.165, 1.54) is 40.6 Å². The van der Waals surface area contributed by atoms with E-state index in [1.54, 1.807) is 30.3 Å². The van der Waals surface area contributed by atoms with Crippen LogP contribution in [0.3, 0.4) is 0 Å². The first-order chi connectivity index (χ1) is 18.3. The fourth-order valence-corrected chi connectivity index (χ4v) is 6.26. The predicted molar refractivity (Wildman–Crippen MR) is 142 cm³/mol. The Kier molecular flexibility index (Phi) is 8.65. The molecule has 9 nitrogen and oxygen atoms in total. The number of likely N-dealkylation sites (tertiary alicyclic amines) is 1. The summed E-state index contributed by atoms with van der Waals surface area (Å²) in [6.07, 6.45) is 4.27. The molecule has 1 N–H and O–H groups in total. The molecular weight excluding hydrogens is 508 g/mol. The number of aliphatic hydroxyl groups excluding tert-OH is 1. The molecule has 4 rings (SSSR count). The Morgan fingerprint density at radius 3 is 2.32 bits per heavy atom. The van der Waals surface area contributed by atoms with E-state index in [0.717, 1.165) is 19.3 Å². The number of nitrogens with zero attached hydrogens (tertiary/aromatic N) is 2. The summed E-state index contributed by atoms with van der Waals surface area (Å²) in [5, 5.41) is 11.2. The van der Waals surface area contributed by atoms with Crippen molar-refractivity contribution >= 4 is 27.5 Å². The first-order valence-electron chi connectivity index (χ1n) is 12.5. The van der Waals surface area contributed by atoms with Gasteiger partial charge in [0, 0.05) is 32.3 Å². The summed E-state index contributed by atoms with van der Waals surface area (Å²) >= 11 is 0. The lowest BCUT2D eigenvalue weighted by molar-refractivity contribution is -0.140. The van der Waals surface area contributed by atoms with Gasteiger partial charge >= 0.3 is 0 Å². The number of Topliss-reactive ketones (excluding diaryl/α,β-unsaturated/α-hetero) is 1. The Hall–Kier alpha value is -3.47. The lowest BCUT2D eigenvalue weighted by Crippen LogP contribution is -2.35. The second-order valence-electron chi connectivity index (χ2n) is 9.14. The molecular formula is C28H32N2O7S. The van der Waals surface area contributed by atoms with Gasteiger partial charge in [-0.1, -0.05) is 31.2 Å². The second kappa shape index (κ2) is 11.9. The Morgan fingerprint density at radius 1 is 1.05 bits per heavy atom. The number of benzene rings is 2. The number of amides is 1. The van der Waals surface area contributed by atoms with Crippen LogP contribution in [0.2, 0.25) is 0 Å². The van der Waals surface area contributed by atoms with E-state index in [1.807, 2.05) is 0 Å². The highest BCUT2D eigenvalue weighted by atomic mass is 32.2. The van der Waals surface area contributed by atoms with Crippen LogP contribution in [0.4, 0.5) is 0 Å². The summed E-state index contributed by atoms with van der Waals surface area (Å²) < 4.78 is 38.2. The number of ketones is 1. The number of piperidine rings is 1. The second-order valence-corrected chi connectivity index (χ2v) is 11.1. The molecule has 2 aromatic carbocycles. The van der Waals surface area contributed by atoms with Crippen molar-refractivity contribution in [2.45, 2.75) is 30.2 Å². The zero-order valence-corrected chi connectivity index (χ0v) is 22.2. The van der Waals surface area contributed by atoms with Crippen LogP contribution in [-0.2, 0) is 24.3 Å². The number of hydrogen-bond donors (Lipinski definition) is 1. The topological polar surface area (TPSA) is 113 Å². The van der Waals surface area contributed by atoms with E-state index in [-0.39, 0.29) is 34.9 Å². The molecule has 0 aromatic heterocycles. The van der Waals surface area contributed by atoms with Crippen LogP contribution in [0.25, 0.3) is 5.76 Å². The predicted octanol–water partition coefficient (Wildman–Crippen LogP) is 3.49. The van der Waals surface area contributed by atoms with Gasteiger partial charge < -0.3 is 19.5 Å². The minimum Gasteiger partial charge on any atom is -0.507 e. The number of hydrogen-bond acceptors (Lipinski definition) is 7. The summed E-state index contributed by atoms with van der Waals surface area (Å²) in [6, 6.07) is 11.8. The highest BCUT2D eigenvalue weighted by Crippen LogP contribution is 2.39. The van der Waals surface area contributed by atoms with E-state index in [2.05, 4.69) is 6.58 Å². The number of carbonyl (C=O) groups is 2. The maximum Gasteiger partial charge on any atom is 0.295 e. The van der Waals surface area contributed by atoms with Crippen LogP contribution in [0.15, 0.2) is 71.7 Å². The Balaban J connectivity index is 1.71. The fraction of sp³-hybridized carbons (Fsp3) is 0.357. The van der Waals surface area contributed by atoms with E-state index >= 15 is 0 Å². The number of sulfonamides is 1. The quantitative estimate of drug-likeness (QED) is 0.212. The van der Waals surface area contributed by atoms with Gasteiger partial charge in [-0.25, -0.2) is 8.42 Å². The van der Waals surface area contributed by atoms with Gasteiger partial charge in [0.1, 0.15) is 18.1 Å². The Morgan fingerprint density at radius 2 is 1.71 bits per heavy atom. The standard InChI is InChI=1S/C28H32N2O7S/c1-3-18-37-22-11-7-20(8-12-22)25-24(27(32)28(33)30(25)17-19-36-2)26(31)21-9-13-23(14-10-21)38(34,35)29-15-5-4-6-16-29/h3,7-14,25,31H,1,4-6,15-19H2,2H3. The average molecular weight is 541 g/mol. The van der Waals surface area contributed by atoms with Crippen LogP contribution < -0.4 is 4.74 Å². The average Bonchev–Trinajstić information content (AvgIpc) is 3.20. The van der Waals surface area contributed by atoms with Gasteiger partial charge in [-0.15, -0.1) is 0 Å². The summed E-state index contributed by atoms with van der Waals surface area (Å²) in [5.74, 6) is -1.35.